The van der Waals surface area contributed by atoms with Crippen LogP contribution in [0.2, 0.25) is 5.02 Å². The topological polar surface area (TPSA) is 37.3 Å². The zero-order valence-electron chi connectivity index (χ0n) is 4.99. The summed E-state index contributed by atoms with van der Waals surface area (Å²) in [7, 11) is -2.25. The molecule has 1 atom stereocenters. The summed E-state index contributed by atoms with van der Waals surface area (Å²) < 4.78 is 10.4. The lowest BCUT2D eigenvalue weighted by atomic mass is 10.4. The Kier molecular flexibility index (Phi) is 2.39. The number of rotatable bonds is 1. The summed E-state index contributed by atoms with van der Waals surface area (Å²) in [5.41, 5.74) is 0. The molecule has 0 amide bonds. The minimum Gasteiger partial charge on any atom is -0.156 e. The summed E-state index contributed by atoms with van der Waals surface area (Å²) in [6.45, 7) is 0. The highest BCUT2D eigenvalue weighted by molar-refractivity contribution is 7.47. The highest BCUT2D eigenvalue weighted by Crippen LogP contribution is 2.15. The van der Waals surface area contributed by atoms with Crippen LogP contribution in [-0.2, 0) is 4.57 Å². The normalized spacial score (nSPS) is 11.2. The van der Waals surface area contributed by atoms with Crippen molar-refractivity contribution in [2.45, 2.75) is 0 Å². The molecular weight excluding hydrogens is 170 g/mol. The second-order valence-electron chi connectivity index (χ2n) is 1.75. The molecule has 1 aromatic rings. The molecule has 0 saturated heterocycles. The van der Waals surface area contributed by atoms with Crippen molar-refractivity contribution < 1.29 is 9.46 Å². The van der Waals surface area contributed by atoms with Gasteiger partial charge in [-0.05, 0) is 16.7 Å². The predicted octanol–water partition coefficient (Wildman–Crippen LogP) is 1.70. The quantitative estimate of drug-likeness (QED) is 0.660. The summed E-state index contributed by atoms with van der Waals surface area (Å²) in [6, 6.07) is 6.33. The Balaban J connectivity index is 3.07. The summed E-state index contributed by atoms with van der Waals surface area (Å²) in [5.74, 6) is 0. The molecule has 1 N–H and O–H groups in total. The molecule has 0 bridgehead atoms. The number of halogens is 1. The third-order valence-electron chi connectivity index (χ3n) is 1.03. The molecule has 1 rings (SSSR count). The fourth-order valence-electron chi connectivity index (χ4n) is 0.595. The van der Waals surface area contributed by atoms with Crippen molar-refractivity contribution in [3.05, 3.63) is 29.3 Å². The SMILES string of the molecule is O=[P+](O)c1cccc(Cl)c1. The molecule has 1 unspecified atom stereocenters. The van der Waals surface area contributed by atoms with Crippen molar-refractivity contribution in [1.29, 1.82) is 0 Å². The second kappa shape index (κ2) is 3.11. The van der Waals surface area contributed by atoms with E-state index in [0.717, 1.165) is 0 Å². The minimum absolute atomic E-state index is 0.363. The average Bonchev–Trinajstić information content (AvgIpc) is 1.88. The molecule has 10 heavy (non-hydrogen) atoms. The zero-order valence-corrected chi connectivity index (χ0v) is 6.64. The lowest BCUT2D eigenvalue weighted by molar-refractivity contribution is 0.513. The Morgan fingerprint density at radius 3 is 2.60 bits per heavy atom. The summed E-state index contributed by atoms with van der Waals surface area (Å²) >= 11 is 5.55. The van der Waals surface area contributed by atoms with Crippen LogP contribution in [0.15, 0.2) is 24.3 Å². The molecule has 0 aromatic heterocycles. The number of hydrogen-bond acceptors (Lipinski definition) is 1. The van der Waals surface area contributed by atoms with Gasteiger partial charge in [0.05, 0.1) is 0 Å². The van der Waals surface area contributed by atoms with Crippen molar-refractivity contribution >= 4 is 24.9 Å². The molecule has 4 heteroatoms. The molecular formula is C6H5ClO2P+. The van der Waals surface area contributed by atoms with Gasteiger partial charge in [-0.1, -0.05) is 17.7 Å². The van der Waals surface area contributed by atoms with Crippen LogP contribution in [0, 0.1) is 0 Å². The Morgan fingerprint density at radius 2 is 2.20 bits per heavy atom. The Morgan fingerprint density at radius 1 is 1.50 bits per heavy atom. The van der Waals surface area contributed by atoms with E-state index in [2.05, 4.69) is 0 Å². The molecule has 0 aliphatic carbocycles. The van der Waals surface area contributed by atoms with Gasteiger partial charge in [0.25, 0.3) is 0 Å². The third-order valence-corrected chi connectivity index (χ3v) is 1.98. The summed E-state index contributed by atoms with van der Waals surface area (Å²) in [5, 5.41) is 0.845. The van der Waals surface area contributed by atoms with Crippen LogP contribution in [0.4, 0.5) is 0 Å². The molecule has 0 aliphatic rings. The van der Waals surface area contributed by atoms with Gasteiger partial charge in [0.1, 0.15) is 0 Å². The fourth-order valence-corrected chi connectivity index (χ4v) is 1.32. The van der Waals surface area contributed by atoms with Crippen molar-refractivity contribution in [2.75, 3.05) is 0 Å². The van der Waals surface area contributed by atoms with E-state index in [4.69, 9.17) is 16.5 Å². The van der Waals surface area contributed by atoms with Gasteiger partial charge in [-0.15, -0.1) is 0 Å². The number of hydrogen-bond donors (Lipinski definition) is 1. The van der Waals surface area contributed by atoms with Crippen LogP contribution in [0.1, 0.15) is 0 Å². The Hall–Kier alpha value is -0.430. The summed E-state index contributed by atoms with van der Waals surface area (Å²) in [6.07, 6.45) is 0. The van der Waals surface area contributed by atoms with Crippen LogP contribution in [0.5, 0.6) is 0 Å². The molecule has 0 saturated carbocycles. The summed E-state index contributed by atoms with van der Waals surface area (Å²) in [4.78, 5) is 8.60. The standard InChI is InChI=1S/C6H4ClO2P/c7-5-2-1-3-6(4-5)10(8)9/h1-4H/p+1. The smallest absolute Gasteiger partial charge is 0.156 e. The van der Waals surface area contributed by atoms with E-state index in [9.17, 15) is 4.57 Å². The van der Waals surface area contributed by atoms with Crippen molar-refractivity contribution in [3.63, 3.8) is 0 Å². The largest absolute Gasteiger partial charge is 0.546 e. The maximum Gasteiger partial charge on any atom is 0.546 e. The maximum atomic E-state index is 10.4. The van der Waals surface area contributed by atoms with Crippen LogP contribution in [-0.4, -0.2) is 4.89 Å². The van der Waals surface area contributed by atoms with Crippen molar-refractivity contribution in [2.24, 2.45) is 0 Å². The number of benzene rings is 1. The van der Waals surface area contributed by atoms with E-state index >= 15 is 0 Å². The van der Waals surface area contributed by atoms with Gasteiger partial charge >= 0.3 is 8.03 Å². The van der Waals surface area contributed by atoms with Gasteiger partial charge in [0.2, 0.25) is 5.30 Å². The molecule has 0 spiro atoms. The minimum atomic E-state index is -2.25. The van der Waals surface area contributed by atoms with E-state index in [-0.39, 0.29) is 0 Å². The molecule has 0 aliphatic heterocycles. The van der Waals surface area contributed by atoms with Crippen LogP contribution in [0.3, 0.4) is 0 Å². The van der Waals surface area contributed by atoms with E-state index < -0.39 is 8.03 Å². The lowest BCUT2D eigenvalue weighted by Gasteiger charge is -1.83. The molecule has 0 radical (unpaired) electrons. The van der Waals surface area contributed by atoms with Crippen molar-refractivity contribution in [3.8, 4) is 0 Å². The first-order chi connectivity index (χ1) is 4.70. The highest BCUT2D eigenvalue weighted by Gasteiger charge is 2.14. The third kappa shape index (κ3) is 1.77. The predicted molar refractivity (Wildman–Crippen MR) is 40.9 cm³/mol. The average molecular weight is 176 g/mol. The monoisotopic (exact) mass is 175 g/mol. The van der Waals surface area contributed by atoms with E-state index in [1.165, 1.54) is 6.07 Å². The van der Waals surface area contributed by atoms with Crippen LogP contribution >= 0.6 is 19.6 Å². The molecule has 1 aromatic carbocycles. The first-order valence-corrected chi connectivity index (χ1v) is 4.21. The Labute approximate surface area is 64.3 Å². The van der Waals surface area contributed by atoms with Gasteiger partial charge in [0, 0.05) is 11.1 Å². The zero-order chi connectivity index (χ0) is 7.56. The van der Waals surface area contributed by atoms with Gasteiger partial charge in [-0.3, -0.25) is 0 Å². The molecule has 0 fully saturated rings. The molecule has 52 valence electrons. The first-order valence-electron chi connectivity index (χ1n) is 2.62. The van der Waals surface area contributed by atoms with Gasteiger partial charge < -0.3 is 0 Å². The Bertz CT molecular complexity index is 262. The van der Waals surface area contributed by atoms with E-state index in [0.29, 0.717) is 10.3 Å². The lowest BCUT2D eigenvalue weighted by Crippen LogP contribution is -1.92. The highest BCUT2D eigenvalue weighted by atomic mass is 35.5. The van der Waals surface area contributed by atoms with Crippen LogP contribution < -0.4 is 5.30 Å². The van der Waals surface area contributed by atoms with E-state index in [1.54, 1.807) is 18.2 Å². The van der Waals surface area contributed by atoms with Gasteiger partial charge in [0.15, 0.2) is 0 Å². The van der Waals surface area contributed by atoms with Crippen LogP contribution in [0.25, 0.3) is 0 Å². The van der Waals surface area contributed by atoms with Gasteiger partial charge in [-0.25, -0.2) is 0 Å². The fraction of sp³-hybridized carbons (Fsp3) is 0. The van der Waals surface area contributed by atoms with Gasteiger partial charge in [-0.2, -0.15) is 4.89 Å². The first kappa shape index (κ1) is 7.67. The maximum absolute atomic E-state index is 10.4. The molecule has 2 nitrogen and oxygen atoms in total. The van der Waals surface area contributed by atoms with Crippen molar-refractivity contribution in [1.82, 2.24) is 0 Å². The molecule has 0 heterocycles. The van der Waals surface area contributed by atoms with E-state index in [1.807, 2.05) is 0 Å². The second-order valence-corrected chi connectivity index (χ2v) is 3.25.